The van der Waals surface area contributed by atoms with E-state index in [1.165, 1.54) is 11.3 Å². The van der Waals surface area contributed by atoms with Crippen LogP contribution in [0.2, 0.25) is 0 Å². The van der Waals surface area contributed by atoms with Crippen molar-refractivity contribution in [3.8, 4) is 0 Å². The first-order chi connectivity index (χ1) is 6.55. The van der Waals surface area contributed by atoms with Crippen molar-refractivity contribution in [3.63, 3.8) is 0 Å². The minimum absolute atomic E-state index is 0.0402. The zero-order chi connectivity index (χ0) is 10.6. The molecule has 1 rings (SSSR count). The van der Waals surface area contributed by atoms with Gasteiger partial charge in [0.1, 0.15) is 0 Å². The lowest BCUT2D eigenvalue weighted by molar-refractivity contribution is 0.0913. The van der Waals surface area contributed by atoms with Gasteiger partial charge in [0.15, 0.2) is 0 Å². The molecule has 1 heterocycles. The van der Waals surface area contributed by atoms with Crippen LogP contribution in [0.3, 0.4) is 0 Å². The van der Waals surface area contributed by atoms with Crippen molar-refractivity contribution in [1.82, 2.24) is 5.32 Å². The summed E-state index contributed by atoms with van der Waals surface area (Å²) >= 11 is 1.48. The Kier molecular flexibility index (Phi) is 3.69. The molecular weight excluding hydrogens is 194 g/mol. The summed E-state index contributed by atoms with van der Waals surface area (Å²) < 4.78 is 0. The lowest BCUT2D eigenvalue weighted by atomic mass is 9.99. The molecule has 0 aliphatic rings. The summed E-state index contributed by atoms with van der Waals surface area (Å²) in [6, 6.07) is 3.74. The molecule has 0 spiro atoms. The van der Waals surface area contributed by atoms with E-state index in [0.29, 0.717) is 0 Å². The van der Waals surface area contributed by atoms with Crippen LogP contribution in [0.1, 0.15) is 43.3 Å². The SMILES string of the molecule is CCCC(C)(C)NC(=O)c1cccs1. The molecule has 1 aromatic rings. The zero-order valence-electron chi connectivity index (χ0n) is 8.96. The van der Waals surface area contributed by atoms with Crippen LogP contribution in [0.15, 0.2) is 17.5 Å². The van der Waals surface area contributed by atoms with Gasteiger partial charge in [-0.3, -0.25) is 4.79 Å². The van der Waals surface area contributed by atoms with Gasteiger partial charge in [0.05, 0.1) is 4.88 Å². The second-order valence-electron chi connectivity index (χ2n) is 4.07. The van der Waals surface area contributed by atoms with Crippen LogP contribution in [0.4, 0.5) is 0 Å². The summed E-state index contributed by atoms with van der Waals surface area (Å²) in [5.74, 6) is 0.0402. The van der Waals surface area contributed by atoms with Gasteiger partial charge in [-0.2, -0.15) is 0 Å². The van der Waals surface area contributed by atoms with Crippen molar-refractivity contribution in [2.24, 2.45) is 0 Å². The van der Waals surface area contributed by atoms with Crippen LogP contribution in [-0.4, -0.2) is 11.4 Å². The highest BCUT2D eigenvalue weighted by molar-refractivity contribution is 7.12. The van der Waals surface area contributed by atoms with Crippen LogP contribution in [0.5, 0.6) is 0 Å². The molecule has 1 amide bonds. The van der Waals surface area contributed by atoms with Gasteiger partial charge in [-0.1, -0.05) is 19.4 Å². The average molecular weight is 211 g/mol. The molecule has 0 aromatic carbocycles. The van der Waals surface area contributed by atoms with Crippen LogP contribution >= 0.6 is 11.3 Å². The van der Waals surface area contributed by atoms with Crippen LogP contribution < -0.4 is 5.32 Å². The molecule has 1 N–H and O–H groups in total. The van der Waals surface area contributed by atoms with E-state index in [1.807, 2.05) is 17.5 Å². The molecule has 0 unspecified atom stereocenters. The van der Waals surface area contributed by atoms with Crippen LogP contribution in [0.25, 0.3) is 0 Å². The van der Waals surface area contributed by atoms with Crippen molar-refractivity contribution in [2.75, 3.05) is 0 Å². The van der Waals surface area contributed by atoms with Gasteiger partial charge < -0.3 is 5.32 Å². The number of thiophene rings is 1. The highest BCUT2D eigenvalue weighted by Crippen LogP contribution is 2.14. The van der Waals surface area contributed by atoms with E-state index in [2.05, 4.69) is 26.1 Å². The van der Waals surface area contributed by atoms with Gasteiger partial charge in [-0.15, -0.1) is 11.3 Å². The molecule has 0 saturated heterocycles. The van der Waals surface area contributed by atoms with Gasteiger partial charge >= 0.3 is 0 Å². The van der Waals surface area contributed by atoms with E-state index < -0.39 is 0 Å². The Morgan fingerprint density at radius 2 is 2.29 bits per heavy atom. The molecule has 14 heavy (non-hydrogen) atoms. The summed E-state index contributed by atoms with van der Waals surface area (Å²) in [5, 5.41) is 4.95. The normalized spacial score (nSPS) is 11.4. The number of hydrogen-bond donors (Lipinski definition) is 1. The van der Waals surface area contributed by atoms with E-state index >= 15 is 0 Å². The molecule has 0 saturated carbocycles. The molecule has 0 aliphatic carbocycles. The summed E-state index contributed by atoms with van der Waals surface area (Å²) in [5.41, 5.74) is -0.101. The van der Waals surface area contributed by atoms with Crippen molar-refractivity contribution in [2.45, 2.75) is 39.2 Å². The second-order valence-corrected chi connectivity index (χ2v) is 5.01. The van der Waals surface area contributed by atoms with Crippen LogP contribution in [-0.2, 0) is 0 Å². The van der Waals surface area contributed by atoms with Gasteiger partial charge in [-0.25, -0.2) is 0 Å². The summed E-state index contributed by atoms with van der Waals surface area (Å²) in [7, 11) is 0. The Morgan fingerprint density at radius 1 is 1.57 bits per heavy atom. The third kappa shape index (κ3) is 3.14. The number of amides is 1. The average Bonchev–Trinajstić information content (AvgIpc) is 2.53. The summed E-state index contributed by atoms with van der Waals surface area (Å²) in [6.45, 7) is 6.24. The van der Waals surface area contributed by atoms with Crippen LogP contribution in [0, 0.1) is 0 Å². The Bertz CT molecular complexity index is 290. The molecular formula is C11H17NOS. The monoisotopic (exact) mass is 211 g/mol. The molecule has 0 bridgehead atoms. The minimum atomic E-state index is -0.101. The predicted octanol–water partition coefficient (Wildman–Crippen LogP) is 3.06. The first-order valence-corrected chi connectivity index (χ1v) is 5.79. The Hall–Kier alpha value is -0.830. The second kappa shape index (κ2) is 4.60. The molecule has 0 radical (unpaired) electrons. The molecule has 1 aromatic heterocycles. The van der Waals surface area contributed by atoms with E-state index in [1.54, 1.807) is 0 Å². The van der Waals surface area contributed by atoms with E-state index in [0.717, 1.165) is 17.7 Å². The number of hydrogen-bond acceptors (Lipinski definition) is 2. The number of rotatable bonds is 4. The molecule has 0 atom stereocenters. The molecule has 0 fully saturated rings. The van der Waals surface area contributed by atoms with Gasteiger partial charge in [0, 0.05) is 5.54 Å². The highest BCUT2D eigenvalue weighted by atomic mass is 32.1. The largest absolute Gasteiger partial charge is 0.346 e. The lowest BCUT2D eigenvalue weighted by Gasteiger charge is -2.25. The number of nitrogens with one attached hydrogen (secondary N) is 1. The first kappa shape index (κ1) is 11.2. The van der Waals surface area contributed by atoms with Gasteiger partial charge in [0.25, 0.3) is 5.91 Å². The highest BCUT2D eigenvalue weighted by Gasteiger charge is 2.20. The maximum atomic E-state index is 11.7. The fourth-order valence-corrected chi connectivity index (χ4v) is 2.08. The number of carbonyl (C=O) groups excluding carboxylic acids is 1. The standard InChI is InChI=1S/C11H17NOS/c1-4-7-11(2,3)12-10(13)9-6-5-8-14-9/h5-6,8H,4,7H2,1-3H3,(H,12,13). The summed E-state index contributed by atoms with van der Waals surface area (Å²) in [4.78, 5) is 12.5. The van der Waals surface area contributed by atoms with Crippen molar-refractivity contribution < 1.29 is 4.79 Å². The Morgan fingerprint density at radius 3 is 2.79 bits per heavy atom. The fraction of sp³-hybridized carbons (Fsp3) is 0.545. The third-order valence-corrected chi connectivity index (χ3v) is 2.94. The topological polar surface area (TPSA) is 29.1 Å². The van der Waals surface area contributed by atoms with E-state index in [9.17, 15) is 4.79 Å². The maximum absolute atomic E-state index is 11.7. The molecule has 2 nitrogen and oxygen atoms in total. The Balaban J connectivity index is 2.57. The first-order valence-electron chi connectivity index (χ1n) is 4.91. The van der Waals surface area contributed by atoms with Crippen molar-refractivity contribution in [3.05, 3.63) is 22.4 Å². The van der Waals surface area contributed by atoms with Gasteiger partial charge in [0.2, 0.25) is 0 Å². The van der Waals surface area contributed by atoms with Crippen molar-refractivity contribution in [1.29, 1.82) is 0 Å². The predicted molar refractivity (Wildman–Crippen MR) is 60.8 cm³/mol. The molecule has 78 valence electrons. The zero-order valence-corrected chi connectivity index (χ0v) is 9.78. The van der Waals surface area contributed by atoms with Crippen molar-refractivity contribution >= 4 is 17.2 Å². The maximum Gasteiger partial charge on any atom is 0.261 e. The number of carbonyl (C=O) groups is 1. The Labute approximate surface area is 89.3 Å². The lowest BCUT2D eigenvalue weighted by Crippen LogP contribution is -2.42. The fourth-order valence-electron chi connectivity index (χ4n) is 1.46. The van der Waals surface area contributed by atoms with Gasteiger partial charge in [-0.05, 0) is 31.7 Å². The molecule has 0 aliphatic heterocycles. The van der Waals surface area contributed by atoms with E-state index in [-0.39, 0.29) is 11.4 Å². The quantitative estimate of drug-likeness (QED) is 0.814. The smallest absolute Gasteiger partial charge is 0.261 e. The van der Waals surface area contributed by atoms with E-state index in [4.69, 9.17) is 0 Å². The minimum Gasteiger partial charge on any atom is -0.346 e. The third-order valence-electron chi connectivity index (χ3n) is 2.07. The molecule has 3 heteroatoms. The summed E-state index contributed by atoms with van der Waals surface area (Å²) in [6.07, 6.45) is 2.09.